The number of hydrogen-bond donors (Lipinski definition) is 0. The van der Waals surface area contributed by atoms with Crippen molar-refractivity contribution in [2.45, 2.75) is 45.8 Å². The van der Waals surface area contributed by atoms with Gasteiger partial charge in [0.1, 0.15) is 0 Å². The van der Waals surface area contributed by atoms with E-state index >= 15 is 0 Å². The maximum absolute atomic E-state index is 6.30. The Labute approximate surface area is 167 Å². The minimum Gasteiger partial charge on any atom is -0.398 e. The van der Waals surface area contributed by atoms with Crippen molar-refractivity contribution in [3.05, 3.63) is 66.2 Å². The fourth-order valence-electron chi connectivity index (χ4n) is 3.31. The van der Waals surface area contributed by atoms with Crippen molar-refractivity contribution in [3.8, 4) is 22.6 Å². The van der Waals surface area contributed by atoms with Crippen LogP contribution in [-0.2, 0) is 9.31 Å². The summed E-state index contributed by atoms with van der Waals surface area (Å²) in [5.41, 5.74) is 3.84. The Bertz CT molecular complexity index is 972. The molecule has 142 valence electrons. The maximum Gasteiger partial charge on any atom is 0.514 e. The molecule has 1 fully saturated rings. The molecule has 0 radical (unpaired) electrons. The zero-order valence-corrected chi connectivity index (χ0v) is 17.1. The fourth-order valence-corrected chi connectivity index (χ4v) is 3.31. The summed E-state index contributed by atoms with van der Waals surface area (Å²) in [6, 6.07) is 20.2. The van der Waals surface area contributed by atoms with Crippen LogP contribution in [0.1, 0.15) is 33.3 Å². The molecule has 1 saturated heterocycles. The summed E-state index contributed by atoms with van der Waals surface area (Å²) in [4.78, 5) is 9.78. The predicted molar refractivity (Wildman–Crippen MR) is 113 cm³/mol. The van der Waals surface area contributed by atoms with Crippen LogP contribution < -0.4 is 5.59 Å². The lowest BCUT2D eigenvalue weighted by Crippen LogP contribution is -2.41. The summed E-state index contributed by atoms with van der Waals surface area (Å²) in [6.45, 7) is 10.3. The minimum atomic E-state index is -0.530. The highest BCUT2D eigenvalue weighted by Crippen LogP contribution is 2.37. The molecule has 0 aliphatic carbocycles. The van der Waals surface area contributed by atoms with E-state index in [1.54, 1.807) is 0 Å². The number of nitrogens with zero attached hydrogens (tertiary/aromatic N) is 2. The monoisotopic (exact) mass is 372 g/mol. The number of benzene rings is 2. The summed E-state index contributed by atoms with van der Waals surface area (Å²) in [6.07, 6.45) is 0. The van der Waals surface area contributed by atoms with Gasteiger partial charge in [-0.3, -0.25) is 0 Å². The molecule has 0 spiro atoms. The Kier molecular flexibility index (Phi) is 4.60. The lowest BCUT2D eigenvalue weighted by Gasteiger charge is -2.32. The zero-order chi connectivity index (χ0) is 19.9. The maximum atomic E-state index is 6.30. The van der Waals surface area contributed by atoms with Crippen molar-refractivity contribution in [2.24, 2.45) is 0 Å². The van der Waals surface area contributed by atoms with Gasteiger partial charge in [0.25, 0.3) is 0 Å². The van der Waals surface area contributed by atoms with E-state index in [1.807, 2.05) is 55.5 Å². The summed E-state index contributed by atoms with van der Waals surface area (Å²) < 4.78 is 12.6. The van der Waals surface area contributed by atoms with Crippen molar-refractivity contribution >= 4 is 12.7 Å². The first kappa shape index (κ1) is 18.8. The molecule has 3 aromatic rings. The van der Waals surface area contributed by atoms with Crippen molar-refractivity contribution in [1.82, 2.24) is 9.97 Å². The zero-order valence-electron chi connectivity index (χ0n) is 17.1. The van der Waals surface area contributed by atoms with E-state index in [9.17, 15) is 0 Å². The van der Waals surface area contributed by atoms with Crippen molar-refractivity contribution in [3.63, 3.8) is 0 Å². The Balaban J connectivity index is 1.89. The predicted octanol–water partition coefficient (Wildman–Crippen LogP) is 4.42. The molecule has 0 bridgehead atoms. The van der Waals surface area contributed by atoms with Gasteiger partial charge in [-0.15, -0.1) is 0 Å². The Morgan fingerprint density at radius 3 is 1.75 bits per heavy atom. The number of rotatable bonds is 3. The van der Waals surface area contributed by atoms with Gasteiger partial charge >= 0.3 is 7.12 Å². The van der Waals surface area contributed by atoms with E-state index in [0.29, 0.717) is 5.82 Å². The standard InChI is InChI=1S/C23H25BN2O2/c1-16-19(17-12-8-6-9-13-17)25-21(18-14-10-7-11-15-18)26-20(16)24-27-22(2,3)23(4,5)28-24/h6-15H,1-5H3. The molecular formula is C23H25BN2O2. The molecule has 28 heavy (non-hydrogen) atoms. The Hall–Kier alpha value is -2.50. The van der Waals surface area contributed by atoms with Crippen LogP contribution in [0.3, 0.4) is 0 Å². The minimum absolute atomic E-state index is 0.422. The second-order valence-corrected chi connectivity index (χ2v) is 8.23. The summed E-state index contributed by atoms with van der Waals surface area (Å²) in [7, 11) is -0.530. The van der Waals surface area contributed by atoms with Gasteiger partial charge in [0, 0.05) is 11.1 Å². The SMILES string of the molecule is Cc1c(B2OC(C)(C)C(C)(C)O2)nc(-c2ccccc2)nc1-c1ccccc1. The molecule has 0 unspecified atom stereocenters. The fraction of sp³-hybridized carbons (Fsp3) is 0.304. The molecule has 4 nitrogen and oxygen atoms in total. The smallest absolute Gasteiger partial charge is 0.398 e. The van der Waals surface area contributed by atoms with Gasteiger partial charge in [-0.1, -0.05) is 60.7 Å². The molecule has 2 heterocycles. The van der Waals surface area contributed by atoms with Crippen LogP contribution in [0.5, 0.6) is 0 Å². The van der Waals surface area contributed by atoms with Gasteiger partial charge in [0.05, 0.1) is 22.5 Å². The third-order valence-electron chi connectivity index (χ3n) is 5.74. The molecular weight excluding hydrogens is 347 g/mol. The van der Waals surface area contributed by atoms with Gasteiger partial charge in [-0.25, -0.2) is 9.97 Å². The molecule has 2 aromatic carbocycles. The van der Waals surface area contributed by atoms with Crippen LogP contribution in [0, 0.1) is 6.92 Å². The second-order valence-electron chi connectivity index (χ2n) is 8.23. The molecule has 0 N–H and O–H groups in total. The molecule has 0 amide bonds. The van der Waals surface area contributed by atoms with Crippen LogP contribution in [-0.4, -0.2) is 28.3 Å². The number of hydrogen-bond acceptors (Lipinski definition) is 4. The molecule has 5 heteroatoms. The van der Waals surface area contributed by atoms with Gasteiger partial charge in [0.2, 0.25) is 0 Å². The van der Waals surface area contributed by atoms with Crippen molar-refractivity contribution in [2.75, 3.05) is 0 Å². The molecule has 4 rings (SSSR count). The normalized spacial score (nSPS) is 17.7. The first-order chi connectivity index (χ1) is 13.3. The van der Waals surface area contributed by atoms with Crippen LogP contribution in [0.2, 0.25) is 0 Å². The highest BCUT2D eigenvalue weighted by molar-refractivity contribution is 6.61. The van der Waals surface area contributed by atoms with E-state index < -0.39 is 18.3 Å². The Morgan fingerprint density at radius 1 is 0.714 bits per heavy atom. The first-order valence-corrected chi connectivity index (χ1v) is 9.63. The molecule has 1 aromatic heterocycles. The largest absolute Gasteiger partial charge is 0.514 e. The molecule has 1 aliphatic heterocycles. The van der Waals surface area contributed by atoms with Crippen LogP contribution in [0.4, 0.5) is 0 Å². The Morgan fingerprint density at radius 2 is 1.21 bits per heavy atom. The van der Waals surface area contributed by atoms with Gasteiger partial charge in [-0.05, 0) is 40.2 Å². The van der Waals surface area contributed by atoms with Crippen LogP contribution >= 0.6 is 0 Å². The number of aromatic nitrogens is 2. The molecule has 0 saturated carbocycles. The lowest BCUT2D eigenvalue weighted by atomic mass is 9.80. The third kappa shape index (κ3) is 3.25. The van der Waals surface area contributed by atoms with E-state index in [1.165, 1.54) is 0 Å². The van der Waals surface area contributed by atoms with Gasteiger partial charge < -0.3 is 9.31 Å². The van der Waals surface area contributed by atoms with Crippen molar-refractivity contribution < 1.29 is 9.31 Å². The summed E-state index contributed by atoms with van der Waals surface area (Å²) in [5.74, 6) is 0.676. The van der Waals surface area contributed by atoms with Crippen molar-refractivity contribution in [1.29, 1.82) is 0 Å². The van der Waals surface area contributed by atoms with Gasteiger partial charge in [-0.2, -0.15) is 0 Å². The average molecular weight is 372 g/mol. The second kappa shape index (κ2) is 6.84. The van der Waals surface area contributed by atoms with E-state index in [4.69, 9.17) is 19.3 Å². The highest BCUT2D eigenvalue weighted by Gasteiger charge is 2.53. The summed E-state index contributed by atoms with van der Waals surface area (Å²) in [5, 5.41) is 0. The topological polar surface area (TPSA) is 44.2 Å². The lowest BCUT2D eigenvalue weighted by molar-refractivity contribution is 0.00578. The van der Waals surface area contributed by atoms with E-state index in [2.05, 4.69) is 39.8 Å². The molecule has 1 aliphatic rings. The van der Waals surface area contributed by atoms with Crippen LogP contribution in [0.15, 0.2) is 60.7 Å². The quantitative estimate of drug-likeness (QED) is 0.639. The van der Waals surface area contributed by atoms with E-state index in [0.717, 1.165) is 28.0 Å². The van der Waals surface area contributed by atoms with Gasteiger partial charge in [0.15, 0.2) is 5.82 Å². The molecule has 0 atom stereocenters. The summed E-state index contributed by atoms with van der Waals surface area (Å²) >= 11 is 0. The first-order valence-electron chi connectivity index (χ1n) is 9.63. The average Bonchev–Trinajstić information content (AvgIpc) is 2.90. The third-order valence-corrected chi connectivity index (χ3v) is 5.74. The van der Waals surface area contributed by atoms with E-state index in [-0.39, 0.29) is 0 Å². The highest BCUT2D eigenvalue weighted by atomic mass is 16.7. The van der Waals surface area contributed by atoms with Crippen LogP contribution in [0.25, 0.3) is 22.6 Å².